The maximum atomic E-state index is 12.9. The number of benzene rings is 1. The van der Waals surface area contributed by atoms with Gasteiger partial charge in [-0.25, -0.2) is 9.18 Å². The average Bonchev–Trinajstić information content (AvgIpc) is 2.51. The molecule has 0 radical (unpaired) electrons. The number of alkyl halides is 3. The molecule has 0 aliphatic heterocycles. The Bertz CT molecular complexity index is 796. The predicted molar refractivity (Wildman–Crippen MR) is 73.5 cm³/mol. The molecule has 0 fully saturated rings. The van der Waals surface area contributed by atoms with Crippen molar-refractivity contribution in [2.75, 3.05) is 0 Å². The first-order valence-electron chi connectivity index (χ1n) is 6.18. The molecule has 126 valence electrons. The van der Waals surface area contributed by atoms with Crippen molar-refractivity contribution >= 4 is 23.5 Å². The lowest BCUT2D eigenvalue weighted by atomic mass is 10.1. The van der Waals surface area contributed by atoms with Crippen molar-refractivity contribution in [3.8, 4) is 0 Å². The lowest BCUT2D eigenvalue weighted by Crippen LogP contribution is -2.29. The van der Waals surface area contributed by atoms with Crippen LogP contribution >= 0.6 is 11.6 Å². The zero-order valence-corrected chi connectivity index (χ0v) is 12.3. The molecule has 0 unspecified atom stereocenters. The first kappa shape index (κ1) is 17.7. The van der Waals surface area contributed by atoms with E-state index in [0.717, 1.165) is 24.4 Å². The molecule has 1 aromatic carbocycles. The fourth-order valence-corrected chi connectivity index (χ4v) is 1.92. The number of halogens is 5. The molecule has 0 bridgehead atoms. The first-order valence-corrected chi connectivity index (χ1v) is 6.55. The van der Waals surface area contributed by atoms with Crippen LogP contribution in [-0.4, -0.2) is 16.9 Å². The van der Waals surface area contributed by atoms with E-state index in [2.05, 4.69) is 9.82 Å². The van der Waals surface area contributed by atoms with Crippen LogP contribution in [0.3, 0.4) is 0 Å². The van der Waals surface area contributed by atoms with Crippen LogP contribution in [0, 0.1) is 5.82 Å². The molecule has 5 nitrogen and oxygen atoms in total. The smallest absolute Gasteiger partial charge is 0.335 e. The van der Waals surface area contributed by atoms with Gasteiger partial charge in [-0.1, -0.05) is 11.6 Å². The second-order valence-electron chi connectivity index (χ2n) is 4.36. The molecule has 0 saturated heterocycles. The third-order valence-electron chi connectivity index (χ3n) is 2.76. The third-order valence-corrected chi connectivity index (χ3v) is 3.07. The summed E-state index contributed by atoms with van der Waals surface area (Å²) < 4.78 is 51.3. The quantitative estimate of drug-likeness (QED) is 0.657. The zero-order chi connectivity index (χ0) is 17.9. The van der Waals surface area contributed by atoms with E-state index in [1.807, 2.05) is 0 Å². The Hall–Kier alpha value is -2.68. The van der Waals surface area contributed by atoms with Crippen LogP contribution in [0.4, 0.5) is 17.6 Å². The lowest BCUT2D eigenvalue weighted by molar-refractivity contribution is -0.138. The van der Waals surface area contributed by atoms with Gasteiger partial charge in [-0.3, -0.25) is 9.78 Å². The highest BCUT2D eigenvalue weighted by atomic mass is 35.5. The molecule has 0 saturated carbocycles. The minimum atomic E-state index is -4.79. The van der Waals surface area contributed by atoms with Crippen molar-refractivity contribution in [2.45, 2.75) is 6.18 Å². The monoisotopic (exact) mass is 362 g/mol. The van der Waals surface area contributed by atoms with Crippen LogP contribution in [0.25, 0.3) is 0 Å². The van der Waals surface area contributed by atoms with Gasteiger partial charge in [0.25, 0.3) is 5.91 Å². The largest absolute Gasteiger partial charge is 0.417 e. The number of hydrogen-bond acceptors (Lipinski definition) is 4. The lowest BCUT2D eigenvalue weighted by Gasteiger charge is -2.12. The molecule has 2 rings (SSSR count). The fraction of sp³-hybridized carbons (Fsp3) is 0.0714. The summed E-state index contributed by atoms with van der Waals surface area (Å²) in [6, 6.07) is 3.36. The Morgan fingerprint density at radius 2 is 1.88 bits per heavy atom. The molecular formula is C14H7ClF4N2O3. The van der Waals surface area contributed by atoms with E-state index in [1.54, 1.807) is 5.48 Å². The van der Waals surface area contributed by atoms with Crippen LogP contribution in [0.1, 0.15) is 26.3 Å². The van der Waals surface area contributed by atoms with Gasteiger partial charge in [-0.15, -0.1) is 0 Å². The summed E-state index contributed by atoms with van der Waals surface area (Å²) in [6.45, 7) is 0. The van der Waals surface area contributed by atoms with Gasteiger partial charge in [-0.2, -0.15) is 18.7 Å². The van der Waals surface area contributed by atoms with Gasteiger partial charge in [0.2, 0.25) is 0 Å². The maximum absolute atomic E-state index is 12.9. The molecule has 0 atom stereocenters. The van der Waals surface area contributed by atoms with Crippen molar-refractivity contribution in [1.29, 1.82) is 0 Å². The number of rotatable bonds is 2. The molecule has 0 spiro atoms. The van der Waals surface area contributed by atoms with E-state index in [9.17, 15) is 27.2 Å². The Morgan fingerprint density at radius 3 is 2.50 bits per heavy atom. The van der Waals surface area contributed by atoms with Gasteiger partial charge in [0.05, 0.1) is 21.7 Å². The highest BCUT2D eigenvalue weighted by molar-refractivity contribution is 6.33. The maximum Gasteiger partial charge on any atom is 0.417 e. The molecule has 1 amide bonds. The number of nitrogens with zero attached hydrogens (tertiary/aromatic N) is 1. The zero-order valence-electron chi connectivity index (χ0n) is 11.5. The Kier molecular flexibility index (Phi) is 5.03. The number of aromatic nitrogens is 1. The van der Waals surface area contributed by atoms with Crippen LogP contribution < -0.4 is 5.48 Å². The van der Waals surface area contributed by atoms with Crippen LogP contribution in [0.15, 0.2) is 36.7 Å². The highest BCUT2D eigenvalue weighted by Gasteiger charge is 2.35. The number of carbonyl (C=O) groups excluding carboxylic acids is 2. The van der Waals surface area contributed by atoms with E-state index in [-0.39, 0.29) is 10.6 Å². The standard InChI is InChI=1S/C14H7ClF4N2O3/c15-11-5-7(16)1-2-8(11)13(23)24-21-12(22)9-6-20-4-3-10(9)14(17,18)19/h1-6H,(H,21,22). The topological polar surface area (TPSA) is 68.3 Å². The normalized spacial score (nSPS) is 11.0. The molecule has 2 aromatic rings. The number of amides is 1. The van der Waals surface area contributed by atoms with Crippen molar-refractivity contribution in [3.05, 3.63) is 64.2 Å². The summed E-state index contributed by atoms with van der Waals surface area (Å²) in [7, 11) is 0. The van der Waals surface area contributed by atoms with Gasteiger partial charge in [-0.05, 0) is 24.3 Å². The molecule has 0 aliphatic rings. The number of hydroxylamine groups is 1. The van der Waals surface area contributed by atoms with Gasteiger partial charge in [0.1, 0.15) is 5.82 Å². The molecule has 1 heterocycles. The predicted octanol–water partition coefficient (Wildman–Crippen LogP) is 3.39. The van der Waals surface area contributed by atoms with Crippen LogP contribution in [0.2, 0.25) is 5.02 Å². The van der Waals surface area contributed by atoms with E-state index in [4.69, 9.17) is 11.6 Å². The number of pyridine rings is 1. The van der Waals surface area contributed by atoms with Gasteiger partial charge in [0.15, 0.2) is 0 Å². The minimum Gasteiger partial charge on any atom is -0.335 e. The Morgan fingerprint density at radius 1 is 1.17 bits per heavy atom. The average molecular weight is 363 g/mol. The summed E-state index contributed by atoms with van der Waals surface area (Å²) >= 11 is 5.63. The van der Waals surface area contributed by atoms with E-state index in [1.165, 1.54) is 0 Å². The van der Waals surface area contributed by atoms with Crippen molar-refractivity contribution < 1.29 is 32.0 Å². The summed E-state index contributed by atoms with van der Waals surface area (Å²) in [6.07, 6.45) is -3.25. The summed E-state index contributed by atoms with van der Waals surface area (Å²) in [4.78, 5) is 31.3. The second kappa shape index (κ2) is 6.83. The minimum absolute atomic E-state index is 0.277. The molecule has 10 heteroatoms. The second-order valence-corrected chi connectivity index (χ2v) is 4.77. The highest BCUT2D eigenvalue weighted by Crippen LogP contribution is 2.31. The summed E-state index contributed by atoms with van der Waals surface area (Å²) in [5.41, 5.74) is -0.782. The molecule has 0 aliphatic carbocycles. The van der Waals surface area contributed by atoms with Crippen molar-refractivity contribution in [2.24, 2.45) is 0 Å². The fourth-order valence-electron chi connectivity index (χ4n) is 1.68. The molecular weight excluding hydrogens is 356 g/mol. The first-order chi connectivity index (χ1) is 11.2. The number of hydrogen-bond donors (Lipinski definition) is 1. The SMILES string of the molecule is O=C(ONC(=O)c1cnccc1C(F)(F)F)c1ccc(F)cc1Cl. The Balaban J connectivity index is 2.13. The van der Waals surface area contributed by atoms with E-state index < -0.39 is 35.0 Å². The van der Waals surface area contributed by atoms with E-state index in [0.29, 0.717) is 12.3 Å². The molecule has 1 N–H and O–H groups in total. The van der Waals surface area contributed by atoms with Crippen LogP contribution in [-0.2, 0) is 11.0 Å². The van der Waals surface area contributed by atoms with Gasteiger partial charge < -0.3 is 4.84 Å². The third kappa shape index (κ3) is 3.99. The number of nitrogens with one attached hydrogen (secondary N) is 1. The molecule has 1 aromatic heterocycles. The number of carbonyl (C=O) groups is 2. The molecule has 24 heavy (non-hydrogen) atoms. The summed E-state index contributed by atoms with van der Waals surface area (Å²) in [5.74, 6) is -3.21. The van der Waals surface area contributed by atoms with Gasteiger partial charge in [0, 0.05) is 12.4 Å². The Labute approximate surface area is 137 Å². The van der Waals surface area contributed by atoms with Crippen molar-refractivity contribution in [1.82, 2.24) is 10.5 Å². The van der Waals surface area contributed by atoms with Gasteiger partial charge >= 0.3 is 12.1 Å². The van der Waals surface area contributed by atoms with E-state index >= 15 is 0 Å². The van der Waals surface area contributed by atoms with Crippen LogP contribution in [0.5, 0.6) is 0 Å². The summed E-state index contributed by atoms with van der Waals surface area (Å²) in [5, 5.41) is -0.286. The van der Waals surface area contributed by atoms with Crippen molar-refractivity contribution in [3.63, 3.8) is 0 Å².